The molecule has 6 heteroatoms. The molecule has 0 spiro atoms. The smallest absolute Gasteiger partial charge is 0.172 e. The van der Waals surface area contributed by atoms with Crippen molar-refractivity contribution in [2.45, 2.75) is 88.8 Å². The number of nitrogens with one attached hydrogen (secondary N) is 1. The summed E-state index contributed by atoms with van der Waals surface area (Å²) in [6, 6.07) is 13.0. The third-order valence-corrected chi connectivity index (χ3v) is 12.2. The van der Waals surface area contributed by atoms with Gasteiger partial charge in [0.1, 0.15) is 0 Å². The standard InChI is InChI=1S/C30H48N4SSi/c1-23-13-15-24(16-14-23)21-34-28(25-9-3-2-4-10-25)22-33(30(34)35)17-7-8-18-36-27-19-31-29(32-20-27)26-11-5-6-12-26/h2-4,9-10,23-24,26-28H,5-8,11-22,36H2,1H3,(H,31,32)/t23?,24?,28-/m0/s1. The first kappa shape index (κ1) is 26.2. The van der Waals surface area contributed by atoms with Crippen molar-refractivity contribution in [1.29, 1.82) is 0 Å². The van der Waals surface area contributed by atoms with E-state index in [2.05, 4.69) is 52.4 Å². The van der Waals surface area contributed by atoms with Crippen LogP contribution in [-0.4, -0.2) is 63.0 Å². The summed E-state index contributed by atoms with van der Waals surface area (Å²) in [6.07, 6.45) is 13.7. The van der Waals surface area contributed by atoms with Gasteiger partial charge >= 0.3 is 0 Å². The van der Waals surface area contributed by atoms with Crippen LogP contribution in [0.25, 0.3) is 0 Å². The van der Waals surface area contributed by atoms with Crippen molar-refractivity contribution in [1.82, 2.24) is 15.1 Å². The van der Waals surface area contributed by atoms with Crippen molar-refractivity contribution < 1.29 is 0 Å². The van der Waals surface area contributed by atoms with Crippen molar-refractivity contribution in [2.24, 2.45) is 22.7 Å². The van der Waals surface area contributed by atoms with E-state index in [1.54, 1.807) is 0 Å². The molecule has 36 heavy (non-hydrogen) atoms. The topological polar surface area (TPSA) is 30.9 Å². The molecular weight excluding hydrogens is 477 g/mol. The van der Waals surface area contributed by atoms with E-state index >= 15 is 0 Å². The molecule has 2 aliphatic heterocycles. The van der Waals surface area contributed by atoms with Crippen LogP contribution in [0.2, 0.25) is 11.6 Å². The molecule has 0 radical (unpaired) electrons. The zero-order valence-electron chi connectivity index (χ0n) is 22.5. The Bertz CT molecular complexity index is 863. The summed E-state index contributed by atoms with van der Waals surface area (Å²) in [6.45, 7) is 8.06. The second-order valence-corrected chi connectivity index (χ2v) is 15.0. The zero-order valence-corrected chi connectivity index (χ0v) is 24.8. The van der Waals surface area contributed by atoms with E-state index in [9.17, 15) is 0 Å². The molecule has 4 aliphatic rings. The number of rotatable bonds is 10. The molecule has 198 valence electrons. The fourth-order valence-corrected chi connectivity index (χ4v) is 9.27. The minimum Gasteiger partial charge on any atom is -0.374 e. The van der Waals surface area contributed by atoms with Gasteiger partial charge in [-0.2, -0.15) is 0 Å². The first-order valence-corrected chi connectivity index (χ1v) is 17.3. The van der Waals surface area contributed by atoms with E-state index in [1.807, 2.05) is 0 Å². The molecule has 1 saturated heterocycles. The third-order valence-electron chi connectivity index (χ3n) is 9.43. The van der Waals surface area contributed by atoms with E-state index in [4.69, 9.17) is 17.2 Å². The molecule has 0 amide bonds. The molecule has 2 atom stereocenters. The van der Waals surface area contributed by atoms with Crippen LogP contribution in [0.1, 0.15) is 82.7 Å². The van der Waals surface area contributed by atoms with Crippen LogP contribution in [0, 0.1) is 17.8 Å². The highest BCUT2D eigenvalue weighted by molar-refractivity contribution is 7.80. The highest BCUT2D eigenvalue weighted by atomic mass is 32.1. The second kappa shape index (κ2) is 12.9. The summed E-state index contributed by atoms with van der Waals surface area (Å²) >= 11 is 6.10. The quantitative estimate of drug-likeness (QED) is 0.238. The lowest BCUT2D eigenvalue weighted by Crippen LogP contribution is -2.38. The molecule has 3 fully saturated rings. The summed E-state index contributed by atoms with van der Waals surface area (Å²) in [7, 11) is -0.0499. The Labute approximate surface area is 227 Å². The molecule has 1 aromatic carbocycles. The van der Waals surface area contributed by atoms with Crippen LogP contribution >= 0.6 is 12.2 Å². The number of benzene rings is 1. The summed E-state index contributed by atoms with van der Waals surface area (Å²) in [5.41, 5.74) is 2.29. The Kier molecular flexibility index (Phi) is 9.40. The van der Waals surface area contributed by atoms with E-state index in [-0.39, 0.29) is 9.52 Å². The Morgan fingerprint density at radius 3 is 2.53 bits per heavy atom. The van der Waals surface area contributed by atoms with Crippen LogP contribution < -0.4 is 5.32 Å². The molecule has 2 aliphatic carbocycles. The van der Waals surface area contributed by atoms with Crippen molar-refractivity contribution >= 4 is 32.7 Å². The van der Waals surface area contributed by atoms with Crippen molar-refractivity contribution in [2.75, 3.05) is 32.7 Å². The van der Waals surface area contributed by atoms with Crippen LogP contribution in [0.3, 0.4) is 0 Å². The maximum Gasteiger partial charge on any atom is 0.172 e. The number of thiocarbonyl (C=S) groups is 1. The van der Waals surface area contributed by atoms with Crippen molar-refractivity contribution in [3.63, 3.8) is 0 Å². The van der Waals surface area contributed by atoms with Gasteiger partial charge in [-0.05, 0) is 67.3 Å². The number of hydrogen-bond acceptors (Lipinski definition) is 3. The van der Waals surface area contributed by atoms with Gasteiger partial charge in [-0.15, -0.1) is 0 Å². The van der Waals surface area contributed by atoms with Crippen molar-refractivity contribution in [3.05, 3.63) is 35.9 Å². The van der Waals surface area contributed by atoms with Gasteiger partial charge < -0.3 is 15.1 Å². The Morgan fingerprint density at radius 1 is 1.03 bits per heavy atom. The summed E-state index contributed by atoms with van der Waals surface area (Å²) in [5.74, 6) is 3.80. The highest BCUT2D eigenvalue weighted by Gasteiger charge is 2.36. The predicted molar refractivity (Wildman–Crippen MR) is 160 cm³/mol. The van der Waals surface area contributed by atoms with E-state index in [0.717, 1.165) is 54.6 Å². The van der Waals surface area contributed by atoms with E-state index in [1.165, 1.54) is 88.2 Å². The van der Waals surface area contributed by atoms with E-state index < -0.39 is 0 Å². The number of amidine groups is 1. The van der Waals surface area contributed by atoms with Crippen LogP contribution in [-0.2, 0) is 0 Å². The molecule has 5 rings (SSSR count). The molecule has 1 N–H and O–H groups in total. The maximum atomic E-state index is 6.10. The van der Waals surface area contributed by atoms with Gasteiger partial charge in [-0.3, -0.25) is 4.99 Å². The first-order valence-electron chi connectivity index (χ1n) is 15.1. The normalized spacial score (nSPS) is 29.8. The fourth-order valence-electron chi connectivity index (χ4n) is 7.02. The minimum atomic E-state index is -0.0499. The number of nitrogens with zero attached hydrogens (tertiary/aromatic N) is 3. The van der Waals surface area contributed by atoms with Crippen LogP contribution in [0.15, 0.2) is 35.3 Å². The average molecular weight is 525 g/mol. The maximum absolute atomic E-state index is 6.10. The largest absolute Gasteiger partial charge is 0.374 e. The van der Waals surface area contributed by atoms with Crippen LogP contribution in [0.5, 0.6) is 0 Å². The Hall–Kier alpha value is -1.40. The summed E-state index contributed by atoms with van der Waals surface area (Å²) < 4.78 is 0. The molecule has 2 heterocycles. The third kappa shape index (κ3) is 6.72. The lowest BCUT2D eigenvalue weighted by atomic mass is 9.82. The van der Waals surface area contributed by atoms with Gasteiger partial charge in [0.25, 0.3) is 0 Å². The monoisotopic (exact) mass is 524 g/mol. The molecule has 1 aromatic rings. The molecule has 0 aromatic heterocycles. The fraction of sp³-hybridized carbons (Fsp3) is 0.733. The number of unbranched alkanes of at least 4 members (excludes halogenated alkanes) is 1. The van der Waals surface area contributed by atoms with Crippen molar-refractivity contribution in [3.8, 4) is 0 Å². The van der Waals surface area contributed by atoms with E-state index in [0.29, 0.717) is 6.04 Å². The number of hydrogen-bond donors (Lipinski definition) is 1. The Balaban J connectivity index is 1.07. The van der Waals surface area contributed by atoms with Gasteiger partial charge in [-0.1, -0.05) is 75.4 Å². The first-order chi connectivity index (χ1) is 17.7. The highest BCUT2D eigenvalue weighted by Crippen LogP contribution is 2.35. The predicted octanol–water partition coefficient (Wildman–Crippen LogP) is 5.80. The van der Waals surface area contributed by atoms with Gasteiger partial charge in [0, 0.05) is 48.2 Å². The number of aliphatic imine (C=N–C) groups is 1. The minimum absolute atomic E-state index is 0.0499. The lowest BCUT2D eigenvalue weighted by Gasteiger charge is -2.33. The summed E-state index contributed by atoms with van der Waals surface area (Å²) in [5, 5.41) is 4.83. The second-order valence-electron chi connectivity index (χ2n) is 12.2. The lowest BCUT2D eigenvalue weighted by molar-refractivity contribution is 0.223. The molecule has 0 bridgehead atoms. The zero-order chi connectivity index (χ0) is 24.7. The molecule has 1 unspecified atom stereocenters. The van der Waals surface area contributed by atoms with Gasteiger partial charge in [0.2, 0.25) is 0 Å². The molecular formula is C30H48N4SSi. The van der Waals surface area contributed by atoms with Crippen LogP contribution in [0.4, 0.5) is 0 Å². The molecule has 4 nitrogen and oxygen atoms in total. The SMILES string of the molecule is CC1CCC(CN2C(=S)N(CCCC[SiH2]C3CN=C(C4CCCC4)NC3)C[C@H]2c2ccccc2)CC1. The van der Waals surface area contributed by atoms with Gasteiger partial charge in [0.15, 0.2) is 5.11 Å². The average Bonchev–Trinajstić information content (AvgIpc) is 3.55. The van der Waals surface area contributed by atoms with Gasteiger partial charge in [-0.25, -0.2) is 0 Å². The Morgan fingerprint density at radius 2 is 1.81 bits per heavy atom. The summed E-state index contributed by atoms with van der Waals surface area (Å²) in [4.78, 5) is 10.1. The molecule has 2 saturated carbocycles. The van der Waals surface area contributed by atoms with Gasteiger partial charge in [0.05, 0.1) is 11.9 Å².